The highest BCUT2D eigenvalue weighted by Gasteiger charge is 2.13. The Morgan fingerprint density at radius 1 is 1.10 bits per heavy atom. The Morgan fingerprint density at radius 3 is 2.55 bits per heavy atom. The van der Waals surface area contributed by atoms with Crippen LogP contribution in [0.3, 0.4) is 0 Å². The summed E-state index contributed by atoms with van der Waals surface area (Å²) in [7, 11) is 0. The van der Waals surface area contributed by atoms with Gasteiger partial charge in [-0.05, 0) is 25.1 Å². The summed E-state index contributed by atoms with van der Waals surface area (Å²) in [6.45, 7) is 2.25. The van der Waals surface area contributed by atoms with Gasteiger partial charge in [0.1, 0.15) is 23.7 Å². The first kappa shape index (κ1) is 13.9. The third kappa shape index (κ3) is 3.29. The average molecular weight is 272 g/mol. The SMILES string of the molecule is CCOC(=O)c1ccccc1OCc1ccccc1O. The van der Waals surface area contributed by atoms with E-state index in [0.29, 0.717) is 23.5 Å². The second-order valence-corrected chi connectivity index (χ2v) is 4.13. The van der Waals surface area contributed by atoms with Gasteiger partial charge in [0, 0.05) is 5.56 Å². The minimum atomic E-state index is -0.416. The molecular formula is C16H16O4. The quantitative estimate of drug-likeness (QED) is 0.849. The molecule has 0 saturated carbocycles. The number of carbonyl (C=O) groups excluding carboxylic acids is 1. The van der Waals surface area contributed by atoms with Crippen LogP contribution in [0.5, 0.6) is 11.5 Å². The average Bonchev–Trinajstić information content (AvgIpc) is 2.47. The molecular weight excluding hydrogens is 256 g/mol. The Morgan fingerprint density at radius 2 is 1.80 bits per heavy atom. The number of carbonyl (C=O) groups is 1. The van der Waals surface area contributed by atoms with Crippen LogP contribution in [0.4, 0.5) is 0 Å². The molecule has 20 heavy (non-hydrogen) atoms. The van der Waals surface area contributed by atoms with Crippen LogP contribution >= 0.6 is 0 Å². The number of para-hydroxylation sites is 2. The Kier molecular flexibility index (Phi) is 4.60. The van der Waals surface area contributed by atoms with Crippen molar-refractivity contribution in [3.63, 3.8) is 0 Å². The van der Waals surface area contributed by atoms with Crippen LogP contribution in [0.1, 0.15) is 22.8 Å². The number of hydrogen-bond donors (Lipinski definition) is 1. The van der Waals surface area contributed by atoms with Crippen LogP contribution in [0.25, 0.3) is 0 Å². The monoisotopic (exact) mass is 272 g/mol. The zero-order chi connectivity index (χ0) is 14.4. The van der Waals surface area contributed by atoms with Crippen molar-refractivity contribution in [3.8, 4) is 11.5 Å². The van der Waals surface area contributed by atoms with E-state index in [0.717, 1.165) is 0 Å². The molecule has 4 heteroatoms. The number of aromatic hydroxyl groups is 1. The second-order valence-electron chi connectivity index (χ2n) is 4.13. The van der Waals surface area contributed by atoms with E-state index in [1.54, 1.807) is 49.4 Å². The van der Waals surface area contributed by atoms with Crippen molar-refractivity contribution in [2.45, 2.75) is 13.5 Å². The Balaban J connectivity index is 2.14. The lowest BCUT2D eigenvalue weighted by atomic mass is 10.2. The van der Waals surface area contributed by atoms with Gasteiger partial charge in [0.2, 0.25) is 0 Å². The van der Waals surface area contributed by atoms with Crippen LogP contribution in [0.2, 0.25) is 0 Å². The molecule has 0 aliphatic rings. The van der Waals surface area contributed by atoms with E-state index >= 15 is 0 Å². The maximum Gasteiger partial charge on any atom is 0.341 e. The van der Waals surface area contributed by atoms with Crippen molar-refractivity contribution >= 4 is 5.97 Å². The van der Waals surface area contributed by atoms with Crippen LogP contribution in [-0.2, 0) is 11.3 Å². The molecule has 0 bridgehead atoms. The summed E-state index contributed by atoms with van der Waals surface area (Å²) in [5, 5.41) is 9.68. The molecule has 2 aromatic carbocycles. The van der Waals surface area contributed by atoms with Crippen LogP contribution in [0, 0.1) is 0 Å². The highest BCUT2D eigenvalue weighted by atomic mass is 16.5. The van der Waals surface area contributed by atoms with E-state index in [9.17, 15) is 9.90 Å². The van der Waals surface area contributed by atoms with Gasteiger partial charge in [0.25, 0.3) is 0 Å². The minimum Gasteiger partial charge on any atom is -0.508 e. The standard InChI is InChI=1S/C16H16O4/c1-2-19-16(18)13-8-4-6-10-15(13)20-11-12-7-3-5-9-14(12)17/h3-10,17H,2,11H2,1H3. The van der Waals surface area contributed by atoms with E-state index in [-0.39, 0.29) is 12.4 Å². The lowest BCUT2D eigenvalue weighted by Gasteiger charge is -2.11. The van der Waals surface area contributed by atoms with Crippen molar-refractivity contribution in [1.82, 2.24) is 0 Å². The Labute approximate surface area is 117 Å². The summed E-state index contributed by atoms with van der Waals surface area (Å²) in [5.41, 5.74) is 1.04. The largest absolute Gasteiger partial charge is 0.508 e. The normalized spacial score (nSPS) is 10.1. The van der Waals surface area contributed by atoms with E-state index in [1.807, 2.05) is 6.07 Å². The molecule has 0 aromatic heterocycles. The first-order chi connectivity index (χ1) is 9.72. The van der Waals surface area contributed by atoms with Gasteiger partial charge >= 0.3 is 5.97 Å². The van der Waals surface area contributed by atoms with Crippen molar-refractivity contribution in [2.24, 2.45) is 0 Å². The molecule has 0 fully saturated rings. The molecule has 0 aliphatic heterocycles. The van der Waals surface area contributed by atoms with Gasteiger partial charge in [-0.25, -0.2) is 4.79 Å². The summed E-state index contributed by atoms with van der Waals surface area (Å²) < 4.78 is 10.6. The van der Waals surface area contributed by atoms with Gasteiger partial charge in [-0.3, -0.25) is 0 Å². The highest BCUT2D eigenvalue weighted by Crippen LogP contribution is 2.22. The lowest BCUT2D eigenvalue weighted by Crippen LogP contribution is -2.07. The third-order valence-corrected chi connectivity index (χ3v) is 2.76. The number of rotatable bonds is 5. The number of ether oxygens (including phenoxy) is 2. The molecule has 1 N–H and O–H groups in total. The fraction of sp³-hybridized carbons (Fsp3) is 0.188. The zero-order valence-electron chi connectivity index (χ0n) is 11.2. The summed E-state index contributed by atoms with van der Waals surface area (Å²) in [5.74, 6) is 0.190. The predicted octanol–water partition coefficient (Wildman–Crippen LogP) is 3.15. The van der Waals surface area contributed by atoms with E-state index in [4.69, 9.17) is 9.47 Å². The molecule has 0 saturated heterocycles. The topological polar surface area (TPSA) is 55.8 Å². The molecule has 0 spiro atoms. The van der Waals surface area contributed by atoms with E-state index < -0.39 is 5.97 Å². The summed E-state index contributed by atoms with van der Waals surface area (Å²) in [6.07, 6.45) is 0. The summed E-state index contributed by atoms with van der Waals surface area (Å²) >= 11 is 0. The van der Waals surface area contributed by atoms with Gasteiger partial charge in [-0.1, -0.05) is 30.3 Å². The van der Waals surface area contributed by atoms with Crippen molar-refractivity contribution in [3.05, 3.63) is 59.7 Å². The van der Waals surface area contributed by atoms with Crippen LogP contribution in [0.15, 0.2) is 48.5 Å². The van der Waals surface area contributed by atoms with Crippen LogP contribution < -0.4 is 4.74 Å². The van der Waals surface area contributed by atoms with Gasteiger partial charge in [-0.2, -0.15) is 0 Å². The summed E-state index contributed by atoms with van der Waals surface area (Å²) in [6, 6.07) is 13.8. The highest BCUT2D eigenvalue weighted by molar-refractivity contribution is 5.92. The number of benzene rings is 2. The molecule has 0 unspecified atom stereocenters. The molecule has 2 rings (SSSR count). The molecule has 0 amide bonds. The fourth-order valence-electron chi connectivity index (χ4n) is 1.76. The molecule has 0 heterocycles. The van der Waals surface area contributed by atoms with Gasteiger partial charge in [0.05, 0.1) is 6.61 Å². The molecule has 2 aromatic rings. The smallest absolute Gasteiger partial charge is 0.341 e. The van der Waals surface area contributed by atoms with E-state index in [2.05, 4.69) is 0 Å². The first-order valence-electron chi connectivity index (χ1n) is 6.38. The first-order valence-corrected chi connectivity index (χ1v) is 6.38. The van der Waals surface area contributed by atoms with Gasteiger partial charge in [-0.15, -0.1) is 0 Å². The summed E-state index contributed by atoms with van der Waals surface area (Å²) in [4.78, 5) is 11.8. The molecule has 0 aliphatic carbocycles. The lowest BCUT2D eigenvalue weighted by molar-refractivity contribution is 0.0521. The number of phenolic OH excluding ortho intramolecular Hbond substituents is 1. The predicted molar refractivity (Wildman–Crippen MR) is 74.8 cm³/mol. The minimum absolute atomic E-state index is 0.168. The van der Waals surface area contributed by atoms with Crippen LogP contribution in [-0.4, -0.2) is 17.7 Å². The maximum atomic E-state index is 11.8. The Bertz CT molecular complexity index is 593. The van der Waals surface area contributed by atoms with E-state index in [1.165, 1.54) is 0 Å². The zero-order valence-corrected chi connectivity index (χ0v) is 11.2. The Hall–Kier alpha value is -2.49. The second kappa shape index (κ2) is 6.61. The number of esters is 1. The third-order valence-electron chi connectivity index (χ3n) is 2.76. The van der Waals surface area contributed by atoms with Crippen molar-refractivity contribution < 1.29 is 19.4 Å². The van der Waals surface area contributed by atoms with Gasteiger partial charge < -0.3 is 14.6 Å². The van der Waals surface area contributed by atoms with Crippen molar-refractivity contribution in [2.75, 3.05) is 6.61 Å². The fourth-order valence-corrected chi connectivity index (χ4v) is 1.76. The number of hydrogen-bond acceptors (Lipinski definition) is 4. The molecule has 104 valence electrons. The number of phenols is 1. The molecule has 0 radical (unpaired) electrons. The van der Waals surface area contributed by atoms with Crippen molar-refractivity contribution in [1.29, 1.82) is 0 Å². The maximum absolute atomic E-state index is 11.8. The molecule has 4 nitrogen and oxygen atoms in total. The molecule has 0 atom stereocenters. The van der Waals surface area contributed by atoms with Gasteiger partial charge in [0.15, 0.2) is 0 Å².